The molecule has 0 bridgehead atoms. The molecule has 2 rings (SSSR count). The van der Waals surface area contributed by atoms with Gasteiger partial charge in [-0.05, 0) is 38.1 Å². The Bertz CT molecular complexity index is 652. The fourth-order valence-electron chi connectivity index (χ4n) is 2.06. The zero-order chi connectivity index (χ0) is 15.4. The molecule has 0 atom stereocenters. The second-order valence-corrected chi connectivity index (χ2v) is 5.21. The van der Waals surface area contributed by atoms with Crippen molar-refractivity contribution in [2.24, 2.45) is 0 Å². The second-order valence-electron chi connectivity index (χ2n) is 4.30. The van der Waals surface area contributed by atoms with E-state index < -0.39 is 5.97 Å². The number of carbonyl (C=O) groups excluding carboxylic acids is 1. The Balaban J connectivity index is 2.50. The van der Waals surface area contributed by atoms with Crippen LogP contribution in [0.25, 0.3) is 11.3 Å². The molecule has 0 fully saturated rings. The molecule has 0 aliphatic carbocycles. The quantitative estimate of drug-likeness (QED) is 0.772. The van der Waals surface area contributed by atoms with Gasteiger partial charge in [0.25, 0.3) is 0 Å². The lowest BCUT2D eigenvalue weighted by molar-refractivity contribution is 0.0518. The van der Waals surface area contributed by atoms with Crippen molar-refractivity contribution in [1.29, 1.82) is 0 Å². The SMILES string of the molecule is CCOC(=O)c1cc(-c2ccc(Br)cc2OC)n(CC)n1. The van der Waals surface area contributed by atoms with Gasteiger partial charge in [-0.25, -0.2) is 4.79 Å². The van der Waals surface area contributed by atoms with Crippen LogP contribution in [0.5, 0.6) is 5.75 Å². The minimum absolute atomic E-state index is 0.304. The number of methoxy groups -OCH3 is 1. The van der Waals surface area contributed by atoms with E-state index >= 15 is 0 Å². The molecule has 1 heterocycles. The summed E-state index contributed by atoms with van der Waals surface area (Å²) in [5.74, 6) is 0.302. The van der Waals surface area contributed by atoms with Crippen LogP contribution in [0.1, 0.15) is 24.3 Å². The summed E-state index contributed by atoms with van der Waals surface area (Å²) in [5, 5.41) is 4.30. The summed E-state index contributed by atoms with van der Waals surface area (Å²) in [6, 6.07) is 7.47. The summed E-state index contributed by atoms with van der Waals surface area (Å²) in [4.78, 5) is 11.8. The standard InChI is InChI=1S/C15H17BrN2O3/c1-4-18-13(9-12(17-18)15(19)21-5-2)11-7-6-10(16)8-14(11)20-3/h6-9H,4-5H2,1-3H3. The van der Waals surface area contributed by atoms with Crippen molar-refractivity contribution >= 4 is 21.9 Å². The fourth-order valence-corrected chi connectivity index (χ4v) is 2.40. The number of carbonyl (C=O) groups is 1. The Morgan fingerprint density at radius 3 is 2.71 bits per heavy atom. The largest absolute Gasteiger partial charge is 0.496 e. The van der Waals surface area contributed by atoms with E-state index in [4.69, 9.17) is 9.47 Å². The van der Waals surface area contributed by atoms with Crippen molar-refractivity contribution < 1.29 is 14.3 Å². The lowest BCUT2D eigenvalue weighted by atomic mass is 10.1. The van der Waals surface area contributed by atoms with Crippen LogP contribution >= 0.6 is 15.9 Å². The summed E-state index contributed by atoms with van der Waals surface area (Å²) in [5.41, 5.74) is 2.01. The van der Waals surface area contributed by atoms with Crippen molar-refractivity contribution in [3.63, 3.8) is 0 Å². The Morgan fingerprint density at radius 1 is 1.33 bits per heavy atom. The predicted molar refractivity (Wildman–Crippen MR) is 83.5 cm³/mol. The van der Waals surface area contributed by atoms with Gasteiger partial charge in [-0.3, -0.25) is 4.68 Å². The maximum absolute atomic E-state index is 11.8. The molecule has 2 aromatic rings. The second kappa shape index (κ2) is 6.76. The first kappa shape index (κ1) is 15.6. The number of benzene rings is 1. The highest BCUT2D eigenvalue weighted by molar-refractivity contribution is 9.10. The van der Waals surface area contributed by atoms with Crippen molar-refractivity contribution in [2.75, 3.05) is 13.7 Å². The molecule has 0 spiro atoms. The highest BCUT2D eigenvalue weighted by Gasteiger charge is 2.18. The van der Waals surface area contributed by atoms with Gasteiger partial charge in [-0.15, -0.1) is 0 Å². The summed E-state index contributed by atoms with van der Waals surface area (Å²) in [7, 11) is 1.62. The molecule has 1 aromatic carbocycles. The Morgan fingerprint density at radius 2 is 2.10 bits per heavy atom. The molecule has 5 nitrogen and oxygen atoms in total. The molecule has 0 N–H and O–H groups in total. The first-order valence-corrected chi connectivity index (χ1v) is 7.48. The number of halogens is 1. The average Bonchev–Trinajstić information content (AvgIpc) is 2.91. The molecule has 21 heavy (non-hydrogen) atoms. The van der Waals surface area contributed by atoms with Crippen LogP contribution in [0, 0.1) is 0 Å². The molecule has 112 valence electrons. The van der Waals surface area contributed by atoms with Gasteiger partial charge < -0.3 is 9.47 Å². The first-order valence-electron chi connectivity index (χ1n) is 6.69. The minimum Gasteiger partial charge on any atom is -0.496 e. The van der Waals surface area contributed by atoms with E-state index in [1.165, 1.54) is 0 Å². The Hall–Kier alpha value is -1.82. The third-order valence-electron chi connectivity index (χ3n) is 3.00. The fraction of sp³-hybridized carbons (Fsp3) is 0.333. The van der Waals surface area contributed by atoms with E-state index in [1.54, 1.807) is 24.8 Å². The molecule has 0 saturated carbocycles. The maximum Gasteiger partial charge on any atom is 0.358 e. The van der Waals surface area contributed by atoms with E-state index in [1.807, 2.05) is 25.1 Å². The molecule has 0 amide bonds. The lowest BCUT2D eigenvalue weighted by Gasteiger charge is -2.10. The number of aromatic nitrogens is 2. The lowest BCUT2D eigenvalue weighted by Crippen LogP contribution is -2.07. The summed E-state index contributed by atoms with van der Waals surface area (Å²) in [6.07, 6.45) is 0. The van der Waals surface area contributed by atoms with Crippen LogP contribution in [-0.4, -0.2) is 29.5 Å². The molecule has 0 unspecified atom stereocenters. The topological polar surface area (TPSA) is 53.4 Å². The van der Waals surface area contributed by atoms with Gasteiger partial charge in [0, 0.05) is 16.6 Å². The van der Waals surface area contributed by atoms with Gasteiger partial charge in [0.15, 0.2) is 5.69 Å². The van der Waals surface area contributed by atoms with Crippen molar-refractivity contribution in [3.8, 4) is 17.0 Å². The third-order valence-corrected chi connectivity index (χ3v) is 3.50. The molecule has 0 saturated heterocycles. The molecule has 0 radical (unpaired) electrons. The maximum atomic E-state index is 11.8. The first-order chi connectivity index (χ1) is 10.1. The average molecular weight is 353 g/mol. The van der Waals surface area contributed by atoms with Crippen LogP contribution in [0.15, 0.2) is 28.7 Å². The van der Waals surface area contributed by atoms with E-state index in [-0.39, 0.29) is 0 Å². The number of hydrogen-bond donors (Lipinski definition) is 0. The Kier molecular flexibility index (Phi) is 5.01. The van der Waals surface area contributed by atoms with E-state index in [0.29, 0.717) is 18.8 Å². The van der Waals surface area contributed by atoms with Gasteiger partial charge in [0.05, 0.1) is 19.4 Å². The van der Waals surface area contributed by atoms with Gasteiger partial charge in [0.1, 0.15) is 5.75 Å². The monoisotopic (exact) mass is 352 g/mol. The molecule has 1 aromatic heterocycles. The van der Waals surface area contributed by atoms with Gasteiger partial charge in [-0.2, -0.15) is 5.10 Å². The van der Waals surface area contributed by atoms with Gasteiger partial charge in [-0.1, -0.05) is 15.9 Å². The Labute approximate surface area is 132 Å². The normalized spacial score (nSPS) is 10.5. The van der Waals surface area contributed by atoms with Crippen LogP contribution in [0.3, 0.4) is 0 Å². The van der Waals surface area contributed by atoms with Crippen molar-refractivity contribution in [3.05, 3.63) is 34.4 Å². The van der Waals surface area contributed by atoms with Gasteiger partial charge in [0.2, 0.25) is 0 Å². The summed E-state index contributed by atoms with van der Waals surface area (Å²) >= 11 is 3.42. The zero-order valence-electron chi connectivity index (χ0n) is 12.2. The summed E-state index contributed by atoms with van der Waals surface area (Å²) in [6.45, 7) is 4.72. The highest BCUT2D eigenvalue weighted by atomic mass is 79.9. The zero-order valence-corrected chi connectivity index (χ0v) is 13.8. The smallest absolute Gasteiger partial charge is 0.358 e. The molecule has 6 heteroatoms. The molecular formula is C15H17BrN2O3. The van der Waals surface area contributed by atoms with Gasteiger partial charge >= 0.3 is 5.97 Å². The predicted octanol–water partition coefficient (Wildman–Crippen LogP) is 3.52. The number of nitrogens with zero attached hydrogens (tertiary/aromatic N) is 2. The van der Waals surface area contributed by atoms with E-state index in [0.717, 1.165) is 21.5 Å². The number of esters is 1. The highest BCUT2D eigenvalue weighted by Crippen LogP contribution is 2.33. The van der Waals surface area contributed by atoms with Crippen LogP contribution < -0.4 is 4.74 Å². The number of aryl methyl sites for hydroxylation is 1. The van der Waals surface area contributed by atoms with Crippen molar-refractivity contribution in [1.82, 2.24) is 9.78 Å². The number of rotatable bonds is 5. The minimum atomic E-state index is -0.415. The number of ether oxygens (including phenoxy) is 2. The third kappa shape index (κ3) is 3.26. The number of hydrogen-bond acceptors (Lipinski definition) is 4. The van der Waals surface area contributed by atoms with Crippen LogP contribution in [-0.2, 0) is 11.3 Å². The van der Waals surface area contributed by atoms with Crippen molar-refractivity contribution in [2.45, 2.75) is 20.4 Å². The van der Waals surface area contributed by atoms with Crippen LogP contribution in [0.2, 0.25) is 0 Å². The van der Waals surface area contributed by atoms with E-state index in [2.05, 4.69) is 21.0 Å². The van der Waals surface area contributed by atoms with Crippen LogP contribution in [0.4, 0.5) is 0 Å². The van der Waals surface area contributed by atoms with E-state index in [9.17, 15) is 4.79 Å². The molecule has 0 aliphatic heterocycles. The summed E-state index contributed by atoms with van der Waals surface area (Å²) < 4.78 is 13.1. The molecular weight excluding hydrogens is 336 g/mol. The molecule has 0 aliphatic rings.